The fraction of sp³-hybridized carbons (Fsp3) is 0.0769. The molecule has 2 aromatic carbocycles. The molecule has 0 saturated heterocycles. The molecule has 0 aliphatic carbocycles. The van der Waals surface area contributed by atoms with Gasteiger partial charge in [-0.2, -0.15) is 0 Å². The molecule has 94 valence electrons. The first-order chi connectivity index (χ1) is 8.49. The summed E-state index contributed by atoms with van der Waals surface area (Å²) >= 11 is 15.3. The van der Waals surface area contributed by atoms with E-state index in [-0.39, 0.29) is 5.82 Å². The molecule has 2 N–H and O–H groups in total. The zero-order chi connectivity index (χ0) is 13.3. The summed E-state index contributed by atoms with van der Waals surface area (Å²) in [6.07, 6.45) is 0. The maximum Gasteiger partial charge on any atom is 0.124 e. The van der Waals surface area contributed by atoms with Gasteiger partial charge in [0.15, 0.2) is 0 Å². The zero-order valence-electron chi connectivity index (χ0n) is 9.13. The average Bonchev–Trinajstić information content (AvgIpc) is 2.31. The first-order valence-electron chi connectivity index (χ1n) is 5.14. The maximum absolute atomic E-state index is 13.0. The Morgan fingerprint density at radius 1 is 1.06 bits per heavy atom. The molecule has 0 radical (unpaired) electrons. The predicted molar refractivity (Wildman–Crippen MR) is 76.6 cm³/mol. The van der Waals surface area contributed by atoms with Crippen molar-refractivity contribution >= 4 is 39.1 Å². The Hall–Kier alpha value is -0.610. The van der Waals surface area contributed by atoms with E-state index in [1.165, 1.54) is 12.1 Å². The lowest BCUT2D eigenvalue weighted by Crippen LogP contribution is -2.13. The quantitative estimate of drug-likeness (QED) is 0.816. The maximum atomic E-state index is 13.0. The largest absolute Gasteiger partial charge is 0.320 e. The summed E-state index contributed by atoms with van der Waals surface area (Å²) in [6, 6.07) is 8.99. The predicted octanol–water partition coefficient (Wildman–Crippen LogP) is 4.94. The summed E-state index contributed by atoms with van der Waals surface area (Å²) < 4.78 is 13.6. The van der Waals surface area contributed by atoms with Crippen LogP contribution in [-0.4, -0.2) is 0 Å². The molecule has 0 aromatic heterocycles. The van der Waals surface area contributed by atoms with Crippen LogP contribution in [0.2, 0.25) is 10.0 Å². The average molecular weight is 349 g/mol. The smallest absolute Gasteiger partial charge is 0.124 e. The second-order valence-corrected chi connectivity index (χ2v) is 5.51. The Labute approximate surface area is 123 Å². The van der Waals surface area contributed by atoms with Crippen LogP contribution in [0.4, 0.5) is 4.39 Å². The summed E-state index contributed by atoms with van der Waals surface area (Å²) in [5, 5.41) is 1.09. The fourth-order valence-corrected chi connectivity index (χ4v) is 2.69. The lowest BCUT2D eigenvalue weighted by Gasteiger charge is -2.16. The highest BCUT2D eigenvalue weighted by atomic mass is 79.9. The minimum Gasteiger partial charge on any atom is -0.320 e. The molecule has 0 heterocycles. The van der Waals surface area contributed by atoms with Crippen molar-refractivity contribution in [3.05, 3.63) is 67.9 Å². The van der Waals surface area contributed by atoms with Crippen LogP contribution in [0.15, 0.2) is 40.9 Å². The van der Waals surface area contributed by atoms with E-state index in [2.05, 4.69) is 15.9 Å². The summed E-state index contributed by atoms with van der Waals surface area (Å²) in [7, 11) is 0. The van der Waals surface area contributed by atoms with Gasteiger partial charge in [-0.3, -0.25) is 0 Å². The van der Waals surface area contributed by atoms with Crippen LogP contribution in [0.5, 0.6) is 0 Å². The normalized spacial score (nSPS) is 12.5. The van der Waals surface area contributed by atoms with Gasteiger partial charge in [0.2, 0.25) is 0 Å². The SMILES string of the molecule is NC(c1cc(Cl)ccc1Cl)c1ccc(F)cc1Br. The van der Waals surface area contributed by atoms with E-state index in [0.29, 0.717) is 20.1 Å². The summed E-state index contributed by atoms with van der Waals surface area (Å²) in [6.45, 7) is 0. The van der Waals surface area contributed by atoms with Crippen molar-refractivity contribution in [2.75, 3.05) is 0 Å². The Balaban J connectivity index is 2.47. The minimum atomic E-state index is -0.467. The lowest BCUT2D eigenvalue weighted by atomic mass is 9.99. The molecule has 0 fully saturated rings. The number of halogens is 4. The van der Waals surface area contributed by atoms with Crippen molar-refractivity contribution in [3.8, 4) is 0 Å². The van der Waals surface area contributed by atoms with Crippen molar-refractivity contribution in [2.45, 2.75) is 6.04 Å². The summed E-state index contributed by atoms with van der Waals surface area (Å²) in [5.41, 5.74) is 7.60. The number of hydrogen-bond acceptors (Lipinski definition) is 1. The van der Waals surface area contributed by atoms with E-state index in [4.69, 9.17) is 28.9 Å². The summed E-state index contributed by atoms with van der Waals surface area (Å²) in [5.74, 6) is -0.324. The number of hydrogen-bond donors (Lipinski definition) is 1. The number of benzene rings is 2. The van der Waals surface area contributed by atoms with Gasteiger partial charge in [-0.15, -0.1) is 0 Å². The Bertz CT molecular complexity index is 589. The topological polar surface area (TPSA) is 26.0 Å². The molecule has 18 heavy (non-hydrogen) atoms. The molecule has 1 atom stereocenters. The van der Waals surface area contributed by atoms with E-state index < -0.39 is 6.04 Å². The highest BCUT2D eigenvalue weighted by Gasteiger charge is 2.16. The highest BCUT2D eigenvalue weighted by Crippen LogP contribution is 2.32. The van der Waals surface area contributed by atoms with Gasteiger partial charge in [-0.1, -0.05) is 45.2 Å². The van der Waals surface area contributed by atoms with Gasteiger partial charge in [0.25, 0.3) is 0 Å². The molecule has 0 bridgehead atoms. The Morgan fingerprint density at radius 3 is 2.44 bits per heavy atom. The molecule has 2 rings (SSSR count). The monoisotopic (exact) mass is 347 g/mol. The Kier molecular flexibility index (Phi) is 4.28. The molecule has 1 unspecified atom stereocenters. The standard InChI is InChI=1S/C13H9BrCl2FN/c14-11-6-8(17)2-3-9(11)13(18)10-5-7(15)1-4-12(10)16/h1-6,13H,18H2. The van der Waals surface area contributed by atoms with Crippen LogP contribution in [-0.2, 0) is 0 Å². The minimum absolute atomic E-state index is 0.324. The van der Waals surface area contributed by atoms with Gasteiger partial charge in [0, 0.05) is 14.5 Å². The van der Waals surface area contributed by atoms with Crippen LogP contribution in [0, 0.1) is 5.82 Å². The highest BCUT2D eigenvalue weighted by molar-refractivity contribution is 9.10. The molecule has 0 amide bonds. The van der Waals surface area contributed by atoms with Crippen LogP contribution in [0.1, 0.15) is 17.2 Å². The van der Waals surface area contributed by atoms with Crippen LogP contribution in [0.3, 0.4) is 0 Å². The summed E-state index contributed by atoms with van der Waals surface area (Å²) in [4.78, 5) is 0. The third-order valence-corrected chi connectivity index (χ3v) is 3.86. The van der Waals surface area contributed by atoms with Gasteiger partial charge >= 0.3 is 0 Å². The second kappa shape index (κ2) is 5.57. The van der Waals surface area contributed by atoms with E-state index in [0.717, 1.165) is 5.56 Å². The molecule has 0 saturated carbocycles. The molecule has 2 aromatic rings. The van der Waals surface area contributed by atoms with Gasteiger partial charge < -0.3 is 5.73 Å². The van der Waals surface area contributed by atoms with Gasteiger partial charge in [-0.25, -0.2) is 4.39 Å². The molecular weight excluding hydrogens is 340 g/mol. The van der Waals surface area contributed by atoms with Crippen molar-refractivity contribution in [3.63, 3.8) is 0 Å². The van der Waals surface area contributed by atoms with Gasteiger partial charge in [-0.05, 0) is 41.5 Å². The number of nitrogens with two attached hydrogens (primary N) is 1. The van der Waals surface area contributed by atoms with Crippen LogP contribution >= 0.6 is 39.1 Å². The molecule has 0 aliphatic heterocycles. The lowest BCUT2D eigenvalue weighted by molar-refractivity contribution is 0.625. The third-order valence-electron chi connectivity index (χ3n) is 2.59. The molecule has 0 aliphatic rings. The van der Waals surface area contributed by atoms with Gasteiger partial charge in [0.1, 0.15) is 5.82 Å². The number of rotatable bonds is 2. The third kappa shape index (κ3) is 2.86. The van der Waals surface area contributed by atoms with Crippen molar-refractivity contribution in [2.24, 2.45) is 5.73 Å². The molecule has 0 spiro atoms. The fourth-order valence-electron chi connectivity index (χ4n) is 1.67. The van der Waals surface area contributed by atoms with E-state index in [1.54, 1.807) is 24.3 Å². The van der Waals surface area contributed by atoms with Crippen LogP contribution < -0.4 is 5.73 Å². The van der Waals surface area contributed by atoms with Crippen molar-refractivity contribution < 1.29 is 4.39 Å². The van der Waals surface area contributed by atoms with Crippen molar-refractivity contribution in [1.29, 1.82) is 0 Å². The van der Waals surface area contributed by atoms with Gasteiger partial charge in [0.05, 0.1) is 6.04 Å². The molecular formula is C13H9BrCl2FN. The second-order valence-electron chi connectivity index (χ2n) is 3.81. The van der Waals surface area contributed by atoms with E-state index in [9.17, 15) is 4.39 Å². The first-order valence-corrected chi connectivity index (χ1v) is 6.69. The van der Waals surface area contributed by atoms with E-state index >= 15 is 0 Å². The zero-order valence-corrected chi connectivity index (χ0v) is 12.2. The van der Waals surface area contributed by atoms with Crippen LogP contribution in [0.25, 0.3) is 0 Å². The first kappa shape index (κ1) is 13.8. The van der Waals surface area contributed by atoms with Crippen molar-refractivity contribution in [1.82, 2.24) is 0 Å². The Morgan fingerprint density at radius 2 is 1.78 bits per heavy atom. The molecule has 5 heteroatoms. The van der Waals surface area contributed by atoms with E-state index in [1.807, 2.05) is 0 Å². The molecule has 1 nitrogen and oxygen atoms in total.